The first-order chi connectivity index (χ1) is 6.35. The Bertz CT molecular complexity index is 92.2. The topological polar surface area (TPSA) is 0 Å². The first-order valence-electron chi connectivity index (χ1n) is 6.01. The summed E-state index contributed by atoms with van der Waals surface area (Å²) >= 11 is 0. The molecular weight excluding hydrogens is 156 g/mol. The molecule has 1 aliphatic carbocycles. The number of hydrogen-bond donors (Lipinski definition) is 0. The minimum absolute atomic E-state index is 0.931. The summed E-state index contributed by atoms with van der Waals surface area (Å²) in [6, 6.07) is 0. The smallest absolute Gasteiger partial charge is 0.0231 e. The van der Waals surface area contributed by atoms with Crippen molar-refractivity contribution < 1.29 is 0 Å². The van der Waals surface area contributed by atoms with E-state index in [2.05, 4.69) is 32.9 Å². The van der Waals surface area contributed by atoms with Gasteiger partial charge in [0.25, 0.3) is 0 Å². The zero-order valence-corrected chi connectivity index (χ0v) is 10.3. The minimum Gasteiger partial charge on any atom is -0.0882 e. The van der Waals surface area contributed by atoms with Gasteiger partial charge in [-0.3, -0.25) is 0 Å². The zero-order valence-electron chi connectivity index (χ0n) is 10.3. The number of allylic oxidation sites excluding steroid dienone is 2. The molecule has 1 unspecified atom stereocenters. The van der Waals surface area contributed by atoms with Gasteiger partial charge in [-0.05, 0) is 25.2 Å². The van der Waals surface area contributed by atoms with Gasteiger partial charge in [0.2, 0.25) is 0 Å². The van der Waals surface area contributed by atoms with Crippen molar-refractivity contribution in [1.82, 2.24) is 0 Å². The highest BCUT2D eigenvalue weighted by Crippen LogP contribution is 2.20. The fraction of sp³-hybridized carbons (Fsp3) is 0.846. The summed E-state index contributed by atoms with van der Waals surface area (Å²) in [5.41, 5.74) is 0. The molecule has 1 atom stereocenters. The lowest BCUT2D eigenvalue weighted by molar-refractivity contribution is 0.569. The van der Waals surface area contributed by atoms with Crippen molar-refractivity contribution in [3.05, 3.63) is 12.2 Å². The summed E-state index contributed by atoms with van der Waals surface area (Å²) in [5.74, 6) is 0.931. The van der Waals surface area contributed by atoms with Gasteiger partial charge in [-0.15, -0.1) is 0 Å². The van der Waals surface area contributed by atoms with Gasteiger partial charge in [-0.1, -0.05) is 59.6 Å². The quantitative estimate of drug-likeness (QED) is 0.518. The van der Waals surface area contributed by atoms with Crippen LogP contribution in [0.1, 0.15) is 66.7 Å². The lowest BCUT2D eigenvalue weighted by Gasteiger charge is -2.01. The largest absolute Gasteiger partial charge is 0.0882 e. The maximum absolute atomic E-state index is 2.36. The van der Waals surface area contributed by atoms with Crippen molar-refractivity contribution in [3.63, 3.8) is 0 Å². The van der Waals surface area contributed by atoms with E-state index in [4.69, 9.17) is 0 Å². The van der Waals surface area contributed by atoms with Gasteiger partial charge in [0, 0.05) is 0 Å². The Morgan fingerprint density at radius 2 is 1.69 bits per heavy atom. The predicted octanol–water partition coefficient (Wildman–Crippen LogP) is 5.20. The molecule has 1 rings (SSSR count). The van der Waals surface area contributed by atoms with Crippen molar-refractivity contribution in [1.29, 1.82) is 0 Å². The second kappa shape index (κ2) is 14.3. The van der Waals surface area contributed by atoms with E-state index in [-0.39, 0.29) is 0 Å². The summed E-state index contributed by atoms with van der Waals surface area (Å²) in [7, 11) is 0. The molecule has 0 heterocycles. The molecule has 0 fully saturated rings. The molecule has 80 valence electrons. The maximum Gasteiger partial charge on any atom is -0.0231 e. The van der Waals surface area contributed by atoms with Crippen molar-refractivity contribution in [2.75, 3.05) is 0 Å². The molecule has 0 bridgehead atoms. The van der Waals surface area contributed by atoms with E-state index in [0.29, 0.717) is 0 Å². The molecule has 0 saturated heterocycles. The van der Waals surface area contributed by atoms with Crippen molar-refractivity contribution in [2.24, 2.45) is 5.92 Å². The van der Waals surface area contributed by atoms with Crippen molar-refractivity contribution >= 4 is 0 Å². The molecule has 0 aromatic rings. The van der Waals surface area contributed by atoms with Crippen LogP contribution < -0.4 is 0 Å². The van der Waals surface area contributed by atoms with Crippen LogP contribution in [0.5, 0.6) is 0 Å². The third kappa shape index (κ3) is 11.7. The highest BCUT2D eigenvalue weighted by Gasteiger charge is 2.05. The second-order valence-electron chi connectivity index (χ2n) is 3.26. The van der Waals surface area contributed by atoms with Gasteiger partial charge in [-0.25, -0.2) is 0 Å². The van der Waals surface area contributed by atoms with Gasteiger partial charge < -0.3 is 0 Å². The van der Waals surface area contributed by atoms with Crippen LogP contribution in [0.15, 0.2) is 12.2 Å². The van der Waals surface area contributed by atoms with Crippen LogP contribution >= 0.6 is 0 Å². The molecular formula is C13H28. The lowest BCUT2D eigenvalue weighted by Crippen LogP contribution is -1.88. The first-order valence-corrected chi connectivity index (χ1v) is 6.01. The summed E-state index contributed by atoms with van der Waals surface area (Å²) in [4.78, 5) is 0. The van der Waals surface area contributed by atoms with Crippen LogP contribution in [0.2, 0.25) is 0 Å². The second-order valence-corrected chi connectivity index (χ2v) is 3.26. The van der Waals surface area contributed by atoms with Crippen molar-refractivity contribution in [2.45, 2.75) is 66.7 Å². The average Bonchev–Trinajstić information content (AvgIpc) is 2.63. The Morgan fingerprint density at radius 1 is 1.15 bits per heavy atom. The molecule has 13 heavy (non-hydrogen) atoms. The van der Waals surface area contributed by atoms with Gasteiger partial charge in [0.15, 0.2) is 0 Å². The lowest BCUT2D eigenvalue weighted by atomic mass is 10.0. The molecule has 0 radical (unpaired) electrons. The van der Waals surface area contributed by atoms with Crippen LogP contribution in [0.4, 0.5) is 0 Å². The zero-order chi connectivity index (χ0) is 10.5. The van der Waals surface area contributed by atoms with Gasteiger partial charge in [0.05, 0.1) is 0 Å². The van der Waals surface area contributed by atoms with Crippen molar-refractivity contribution in [3.8, 4) is 0 Å². The Hall–Kier alpha value is -0.260. The number of hydrogen-bond acceptors (Lipinski definition) is 0. The molecule has 0 saturated carbocycles. The fourth-order valence-corrected chi connectivity index (χ4v) is 1.31. The molecule has 0 spiro atoms. The third-order valence-electron chi connectivity index (χ3n) is 1.77. The van der Waals surface area contributed by atoms with Gasteiger partial charge >= 0.3 is 0 Å². The van der Waals surface area contributed by atoms with Crippen LogP contribution in [0, 0.1) is 5.92 Å². The summed E-state index contributed by atoms with van der Waals surface area (Å²) in [6.07, 6.45) is 11.4. The SMILES string of the molecule is CC.CCC.CCCC1C=CCC1. The van der Waals surface area contributed by atoms with Crippen LogP contribution in [-0.2, 0) is 0 Å². The Labute approximate surface area is 85.4 Å². The van der Waals surface area contributed by atoms with E-state index >= 15 is 0 Å². The van der Waals surface area contributed by atoms with Crippen LogP contribution in [0.3, 0.4) is 0 Å². The maximum atomic E-state index is 2.36. The standard InChI is InChI=1S/C8H14.C3H8.C2H6/c1-2-5-8-6-3-4-7-8;1-3-2;1-2/h3,6,8H,2,4-5,7H2,1H3;3H2,1-2H3;1-2H3. The summed E-state index contributed by atoms with van der Waals surface area (Å²) < 4.78 is 0. The van der Waals surface area contributed by atoms with E-state index in [1.807, 2.05) is 13.8 Å². The summed E-state index contributed by atoms with van der Waals surface area (Å²) in [5, 5.41) is 0. The molecule has 0 aliphatic heterocycles. The Morgan fingerprint density at radius 3 is 2.00 bits per heavy atom. The molecule has 0 N–H and O–H groups in total. The van der Waals surface area contributed by atoms with E-state index < -0.39 is 0 Å². The fourth-order valence-electron chi connectivity index (χ4n) is 1.31. The molecule has 0 aromatic carbocycles. The molecule has 0 nitrogen and oxygen atoms in total. The molecule has 0 amide bonds. The minimum atomic E-state index is 0.931. The van der Waals surface area contributed by atoms with E-state index in [1.165, 1.54) is 32.1 Å². The molecule has 1 aliphatic rings. The van der Waals surface area contributed by atoms with Gasteiger partial charge in [-0.2, -0.15) is 0 Å². The third-order valence-corrected chi connectivity index (χ3v) is 1.77. The monoisotopic (exact) mass is 184 g/mol. The van der Waals surface area contributed by atoms with E-state index in [1.54, 1.807) is 0 Å². The van der Waals surface area contributed by atoms with Crippen LogP contribution in [0.25, 0.3) is 0 Å². The van der Waals surface area contributed by atoms with Crippen LogP contribution in [-0.4, -0.2) is 0 Å². The predicted molar refractivity (Wildman–Crippen MR) is 64.1 cm³/mol. The first kappa shape index (κ1) is 15.2. The normalized spacial score (nSPS) is 18.4. The van der Waals surface area contributed by atoms with E-state index in [9.17, 15) is 0 Å². The molecule has 0 aromatic heterocycles. The summed E-state index contributed by atoms with van der Waals surface area (Å²) in [6.45, 7) is 10.5. The average molecular weight is 184 g/mol. The Balaban J connectivity index is 0. The molecule has 0 heteroatoms. The highest BCUT2D eigenvalue weighted by atomic mass is 14.1. The number of rotatable bonds is 2. The van der Waals surface area contributed by atoms with E-state index in [0.717, 1.165) is 5.92 Å². The highest BCUT2D eigenvalue weighted by molar-refractivity contribution is 4.95. The van der Waals surface area contributed by atoms with Gasteiger partial charge in [0.1, 0.15) is 0 Å². The Kier molecular flexibility index (Phi) is 16.7.